The standard InChI is InChI=1S/C17H11Cl2NO2S2/c1-20-16(21)14(23-12-6-2-10(18)3-7-12)15(17(20)22)24-13-8-4-11(19)5-9-13/h2-9H,1H3. The zero-order valence-corrected chi connectivity index (χ0v) is 15.6. The Bertz CT molecular complexity index is 763. The topological polar surface area (TPSA) is 37.4 Å². The fraction of sp³-hybridized carbons (Fsp3) is 0.0588. The van der Waals surface area contributed by atoms with E-state index in [9.17, 15) is 9.59 Å². The molecule has 2 aromatic carbocycles. The van der Waals surface area contributed by atoms with Crippen molar-refractivity contribution in [1.29, 1.82) is 0 Å². The first-order chi connectivity index (χ1) is 11.5. The van der Waals surface area contributed by atoms with Crippen LogP contribution in [-0.4, -0.2) is 23.8 Å². The van der Waals surface area contributed by atoms with Gasteiger partial charge in [0.25, 0.3) is 11.8 Å². The van der Waals surface area contributed by atoms with Crippen LogP contribution < -0.4 is 0 Å². The molecule has 0 atom stereocenters. The van der Waals surface area contributed by atoms with Gasteiger partial charge in [-0.25, -0.2) is 0 Å². The van der Waals surface area contributed by atoms with Crippen molar-refractivity contribution >= 4 is 58.5 Å². The number of rotatable bonds is 4. The van der Waals surface area contributed by atoms with Crippen molar-refractivity contribution < 1.29 is 9.59 Å². The summed E-state index contributed by atoms with van der Waals surface area (Å²) in [6, 6.07) is 14.3. The highest BCUT2D eigenvalue weighted by molar-refractivity contribution is 8.08. The summed E-state index contributed by atoms with van der Waals surface area (Å²) in [6.07, 6.45) is 0. The van der Waals surface area contributed by atoms with Crippen molar-refractivity contribution in [3.05, 3.63) is 68.4 Å². The molecule has 0 saturated heterocycles. The van der Waals surface area contributed by atoms with Crippen LogP contribution in [0.3, 0.4) is 0 Å². The first-order valence-electron chi connectivity index (χ1n) is 6.89. The van der Waals surface area contributed by atoms with Crippen LogP contribution in [0.4, 0.5) is 0 Å². The third-order valence-electron chi connectivity index (χ3n) is 3.27. The van der Waals surface area contributed by atoms with Crippen molar-refractivity contribution in [3.63, 3.8) is 0 Å². The Labute approximate surface area is 158 Å². The number of amides is 2. The van der Waals surface area contributed by atoms with Gasteiger partial charge in [-0.3, -0.25) is 14.5 Å². The normalized spacial score (nSPS) is 14.7. The number of nitrogens with zero attached hydrogens (tertiary/aromatic N) is 1. The van der Waals surface area contributed by atoms with Gasteiger partial charge in [0.15, 0.2) is 0 Å². The first-order valence-corrected chi connectivity index (χ1v) is 9.28. The SMILES string of the molecule is CN1C(=O)C(Sc2ccc(Cl)cc2)=C(Sc2ccc(Cl)cc2)C1=O. The summed E-state index contributed by atoms with van der Waals surface area (Å²) in [6.45, 7) is 0. The van der Waals surface area contributed by atoms with Gasteiger partial charge in [-0.2, -0.15) is 0 Å². The van der Waals surface area contributed by atoms with Crippen molar-refractivity contribution in [2.75, 3.05) is 7.05 Å². The van der Waals surface area contributed by atoms with Crippen molar-refractivity contribution in [2.45, 2.75) is 9.79 Å². The zero-order valence-electron chi connectivity index (χ0n) is 12.5. The lowest BCUT2D eigenvalue weighted by Crippen LogP contribution is -2.26. The van der Waals surface area contributed by atoms with E-state index in [2.05, 4.69) is 0 Å². The van der Waals surface area contributed by atoms with E-state index in [-0.39, 0.29) is 11.8 Å². The predicted molar refractivity (Wildman–Crippen MR) is 99.4 cm³/mol. The lowest BCUT2D eigenvalue weighted by atomic mass is 10.4. The number of likely N-dealkylation sites (N-methyl/N-ethyl adjacent to an activating group) is 1. The van der Waals surface area contributed by atoms with Gasteiger partial charge >= 0.3 is 0 Å². The van der Waals surface area contributed by atoms with Crippen LogP contribution in [0, 0.1) is 0 Å². The van der Waals surface area contributed by atoms with Crippen molar-refractivity contribution in [2.24, 2.45) is 0 Å². The number of carbonyl (C=O) groups is 2. The number of hydrogen-bond acceptors (Lipinski definition) is 4. The highest BCUT2D eigenvalue weighted by Gasteiger charge is 2.36. The summed E-state index contributed by atoms with van der Waals surface area (Å²) in [5, 5.41) is 1.24. The van der Waals surface area contributed by atoms with Gasteiger partial charge in [0, 0.05) is 26.9 Å². The average Bonchev–Trinajstić information content (AvgIpc) is 2.77. The molecule has 1 aliphatic heterocycles. The Hall–Kier alpha value is -1.40. The molecule has 2 aromatic rings. The zero-order chi connectivity index (χ0) is 17.3. The van der Waals surface area contributed by atoms with Gasteiger partial charge in [-0.05, 0) is 48.5 Å². The van der Waals surface area contributed by atoms with E-state index in [0.29, 0.717) is 19.9 Å². The summed E-state index contributed by atoms with van der Waals surface area (Å²) in [5.41, 5.74) is 0. The van der Waals surface area contributed by atoms with E-state index in [1.54, 1.807) is 24.3 Å². The van der Waals surface area contributed by atoms with Crippen LogP contribution in [0.5, 0.6) is 0 Å². The van der Waals surface area contributed by atoms with Gasteiger partial charge in [0.05, 0.1) is 9.81 Å². The van der Waals surface area contributed by atoms with Gasteiger partial charge in [-0.15, -0.1) is 0 Å². The third kappa shape index (κ3) is 3.64. The van der Waals surface area contributed by atoms with Crippen LogP contribution in [0.2, 0.25) is 10.0 Å². The second-order valence-electron chi connectivity index (χ2n) is 4.94. The summed E-state index contributed by atoms with van der Waals surface area (Å²) < 4.78 is 0. The highest BCUT2D eigenvalue weighted by Crippen LogP contribution is 2.42. The van der Waals surface area contributed by atoms with Crippen LogP contribution in [0.1, 0.15) is 0 Å². The largest absolute Gasteiger partial charge is 0.277 e. The maximum Gasteiger partial charge on any atom is 0.268 e. The molecule has 0 spiro atoms. The number of carbonyl (C=O) groups excluding carboxylic acids is 2. The molecule has 1 heterocycles. The molecule has 0 fully saturated rings. The van der Waals surface area contributed by atoms with Gasteiger partial charge in [-0.1, -0.05) is 46.7 Å². The van der Waals surface area contributed by atoms with E-state index >= 15 is 0 Å². The molecule has 2 amide bonds. The van der Waals surface area contributed by atoms with Crippen molar-refractivity contribution in [1.82, 2.24) is 4.90 Å². The Morgan fingerprint density at radius 1 is 0.708 bits per heavy atom. The number of thioether (sulfide) groups is 2. The molecule has 7 heteroatoms. The van der Waals surface area contributed by atoms with E-state index in [1.807, 2.05) is 24.3 Å². The number of halogens is 2. The monoisotopic (exact) mass is 395 g/mol. The van der Waals surface area contributed by atoms with Gasteiger partial charge < -0.3 is 0 Å². The summed E-state index contributed by atoms with van der Waals surface area (Å²) in [4.78, 5) is 28.5. The van der Waals surface area contributed by atoms with Crippen molar-refractivity contribution in [3.8, 4) is 0 Å². The molecule has 0 unspecified atom stereocenters. The third-order valence-corrected chi connectivity index (χ3v) is 6.09. The molecule has 122 valence electrons. The molecule has 0 bridgehead atoms. The molecule has 3 rings (SSSR count). The molecule has 0 aliphatic carbocycles. The Balaban J connectivity index is 1.94. The maximum absolute atomic E-state index is 12.4. The molecule has 0 N–H and O–H groups in total. The van der Waals surface area contributed by atoms with E-state index in [0.717, 1.165) is 14.7 Å². The second kappa shape index (κ2) is 7.23. The molecule has 0 radical (unpaired) electrons. The number of hydrogen-bond donors (Lipinski definition) is 0. The minimum atomic E-state index is -0.295. The predicted octanol–water partition coefficient (Wildman–Crippen LogP) is 5.09. The number of benzene rings is 2. The summed E-state index contributed by atoms with van der Waals surface area (Å²) in [5.74, 6) is -0.590. The van der Waals surface area contributed by atoms with E-state index in [4.69, 9.17) is 23.2 Å². The van der Waals surface area contributed by atoms with Crippen LogP contribution >= 0.6 is 46.7 Å². The average molecular weight is 396 g/mol. The van der Waals surface area contributed by atoms with E-state index in [1.165, 1.54) is 30.6 Å². The summed E-state index contributed by atoms with van der Waals surface area (Å²) in [7, 11) is 1.49. The highest BCUT2D eigenvalue weighted by atomic mass is 35.5. The Kier molecular flexibility index (Phi) is 5.25. The van der Waals surface area contributed by atoms with Gasteiger partial charge in [0.2, 0.25) is 0 Å². The lowest BCUT2D eigenvalue weighted by Gasteiger charge is -2.06. The molecule has 24 heavy (non-hydrogen) atoms. The van der Waals surface area contributed by atoms with E-state index < -0.39 is 0 Å². The second-order valence-corrected chi connectivity index (χ2v) is 7.98. The molecular formula is C17H11Cl2NO2S2. The molecular weight excluding hydrogens is 385 g/mol. The summed E-state index contributed by atoms with van der Waals surface area (Å²) >= 11 is 14.3. The lowest BCUT2D eigenvalue weighted by molar-refractivity contribution is -0.135. The van der Waals surface area contributed by atoms with Gasteiger partial charge in [0.1, 0.15) is 0 Å². The first kappa shape index (κ1) is 17.4. The van der Waals surface area contributed by atoms with Crippen LogP contribution in [-0.2, 0) is 9.59 Å². The quantitative estimate of drug-likeness (QED) is 0.675. The molecule has 0 saturated carbocycles. The molecule has 3 nitrogen and oxygen atoms in total. The minimum absolute atomic E-state index is 0.295. The maximum atomic E-state index is 12.4. The Morgan fingerprint density at radius 2 is 1.04 bits per heavy atom. The molecule has 0 aromatic heterocycles. The fourth-order valence-corrected chi connectivity index (χ4v) is 4.34. The van der Waals surface area contributed by atoms with Crippen LogP contribution in [0.25, 0.3) is 0 Å². The Morgan fingerprint density at radius 3 is 1.38 bits per heavy atom. The fourth-order valence-electron chi connectivity index (χ4n) is 2.01. The number of imide groups is 1. The molecule has 1 aliphatic rings. The minimum Gasteiger partial charge on any atom is -0.277 e. The van der Waals surface area contributed by atoms with Crippen LogP contribution in [0.15, 0.2) is 68.1 Å². The smallest absolute Gasteiger partial charge is 0.268 e.